The quantitative estimate of drug-likeness (QED) is 0.658. The van der Waals surface area contributed by atoms with Crippen molar-refractivity contribution in [3.05, 3.63) is 83.2 Å². The summed E-state index contributed by atoms with van der Waals surface area (Å²) in [6.45, 7) is 2.47. The molecule has 0 unspecified atom stereocenters. The average molecular weight is 365 g/mol. The van der Waals surface area contributed by atoms with Gasteiger partial charge in [-0.3, -0.25) is 4.98 Å². The zero-order valence-electron chi connectivity index (χ0n) is 14.7. The van der Waals surface area contributed by atoms with Crippen LogP contribution in [0.4, 0.5) is 20.2 Å². The molecule has 4 nitrogen and oxygen atoms in total. The van der Waals surface area contributed by atoms with E-state index in [1.807, 2.05) is 30.0 Å². The third kappa shape index (κ3) is 3.51. The van der Waals surface area contributed by atoms with Crippen molar-refractivity contribution in [1.82, 2.24) is 4.98 Å². The first-order valence-electron chi connectivity index (χ1n) is 8.52. The lowest BCUT2D eigenvalue weighted by molar-refractivity contribution is 0.292. The summed E-state index contributed by atoms with van der Waals surface area (Å²) >= 11 is 0. The number of benzene rings is 2. The van der Waals surface area contributed by atoms with Crippen molar-refractivity contribution in [2.24, 2.45) is 4.99 Å². The molecule has 1 aromatic heterocycles. The molecule has 27 heavy (non-hydrogen) atoms. The van der Waals surface area contributed by atoms with Crippen LogP contribution in [-0.2, 0) is 13.2 Å². The molecule has 0 fully saturated rings. The van der Waals surface area contributed by atoms with Crippen molar-refractivity contribution < 1.29 is 13.5 Å². The summed E-state index contributed by atoms with van der Waals surface area (Å²) in [5, 5.41) is 0. The van der Waals surface area contributed by atoms with E-state index in [2.05, 4.69) is 9.98 Å². The first-order chi connectivity index (χ1) is 13.1. The molecule has 1 aliphatic rings. The smallest absolute Gasteiger partial charge is 0.132 e. The van der Waals surface area contributed by atoms with Crippen LogP contribution in [0.25, 0.3) is 0 Å². The van der Waals surface area contributed by atoms with Crippen LogP contribution in [0.2, 0.25) is 0 Å². The normalized spacial score (nSPS) is 12.8. The van der Waals surface area contributed by atoms with Crippen LogP contribution >= 0.6 is 0 Å². The fourth-order valence-corrected chi connectivity index (χ4v) is 2.98. The molecule has 3 aromatic rings. The molecule has 0 radical (unpaired) electrons. The third-order valence-corrected chi connectivity index (χ3v) is 4.50. The number of hydrogen-bond acceptors (Lipinski definition) is 4. The molecular weight excluding hydrogens is 348 g/mol. The van der Waals surface area contributed by atoms with Crippen molar-refractivity contribution in [2.75, 3.05) is 4.90 Å². The Bertz CT molecular complexity index is 1000. The summed E-state index contributed by atoms with van der Waals surface area (Å²) < 4.78 is 33.2. The first-order valence-corrected chi connectivity index (χ1v) is 8.52. The predicted octanol–water partition coefficient (Wildman–Crippen LogP) is 4.93. The fraction of sp³-hybridized carbons (Fsp3) is 0.143. The Hall–Kier alpha value is -3.28. The van der Waals surface area contributed by atoms with Gasteiger partial charge in [0.15, 0.2) is 0 Å². The number of aryl methyl sites for hydroxylation is 1. The van der Waals surface area contributed by atoms with E-state index in [4.69, 9.17) is 4.74 Å². The van der Waals surface area contributed by atoms with Crippen LogP contribution in [0.15, 0.2) is 59.9 Å². The maximum atomic E-state index is 13.8. The molecular formula is C21H17F2N3O. The summed E-state index contributed by atoms with van der Waals surface area (Å²) in [6, 6.07) is 11.3. The second-order valence-corrected chi connectivity index (χ2v) is 6.31. The molecule has 136 valence electrons. The van der Waals surface area contributed by atoms with Crippen molar-refractivity contribution in [1.29, 1.82) is 0 Å². The number of fused-ring (bicyclic) bond motifs is 1. The molecule has 0 bridgehead atoms. The molecule has 0 N–H and O–H groups in total. The molecule has 6 heteroatoms. The van der Waals surface area contributed by atoms with Gasteiger partial charge in [-0.2, -0.15) is 0 Å². The van der Waals surface area contributed by atoms with Gasteiger partial charge in [-0.15, -0.1) is 0 Å². The standard InChI is InChI=1S/C21H17F2N3O/c1-14-5-6-16(27-12-17-18(22)3-2-4-19(17)23)9-21(14)26-11-15-7-8-24-10-20(15)25-13-26/h2-10,13H,11-12H2,1H3. The minimum atomic E-state index is -0.615. The summed E-state index contributed by atoms with van der Waals surface area (Å²) in [4.78, 5) is 10.5. The minimum Gasteiger partial charge on any atom is -0.489 e. The highest BCUT2D eigenvalue weighted by Crippen LogP contribution is 2.31. The third-order valence-electron chi connectivity index (χ3n) is 4.50. The summed E-state index contributed by atoms with van der Waals surface area (Å²) in [6.07, 6.45) is 5.23. The Balaban J connectivity index is 1.56. The Morgan fingerprint density at radius 2 is 1.93 bits per heavy atom. The van der Waals surface area contributed by atoms with E-state index in [1.165, 1.54) is 18.2 Å². The fourth-order valence-electron chi connectivity index (χ4n) is 2.98. The molecule has 0 atom stereocenters. The van der Waals surface area contributed by atoms with Gasteiger partial charge in [0.25, 0.3) is 0 Å². The number of aliphatic imine (C=N–C) groups is 1. The van der Waals surface area contributed by atoms with Crippen LogP contribution in [0.3, 0.4) is 0 Å². The summed E-state index contributed by atoms with van der Waals surface area (Å²) in [5.74, 6) is -0.696. The van der Waals surface area contributed by atoms with E-state index in [-0.39, 0.29) is 12.2 Å². The van der Waals surface area contributed by atoms with Crippen molar-refractivity contribution in [3.8, 4) is 5.75 Å². The van der Waals surface area contributed by atoms with Gasteiger partial charge in [-0.05, 0) is 36.8 Å². The molecule has 0 aliphatic carbocycles. The SMILES string of the molecule is Cc1ccc(OCc2c(F)cccc2F)cc1N1C=Nc2cnccc2C1. The van der Waals surface area contributed by atoms with Gasteiger partial charge in [-0.25, -0.2) is 13.8 Å². The van der Waals surface area contributed by atoms with E-state index in [1.54, 1.807) is 24.8 Å². The molecule has 0 saturated heterocycles. The van der Waals surface area contributed by atoms with Crippen molar-refractivity contribution in [3.63, 3.8) is 0 Å². The predicted molar refractivity (Wildman–Crippen MR) is 100 cm³/mol. The maximum absolute atomic E-state index is 13.8. The molecule has 0 spiro atoms. The van der Waals surface area contributed by atoms with Crippen LogP contribution in [-0.4, -0.2) is 11.3 Å². The van der Waals surface area contributed by atoms with E-state index in [0.29, 0.717) is 12.3 Å². The van der Waals surface area contributed by atoms with Crippen LogP contribution in [0, 0.1) is 18.6 Å². The number of pyridine rings is 1. The Morgan fingerprint density at radius 3 is 2.74 bits per heavy atom. The monoisotopic (exact) mass is 365 g/mol. The summed E-state index contributed by atoms with van der Waals surface area (Å²) in [5.41, 5.74) is 3.82. The van der Waals surface area contributed by atoms with Crippen LogP contribution in [0.5, 0.6) is 5.75 Å². The lowest BCUT2D eigenvalue weighted by Crippen LogP contribution is -2.24. The Morgan fingerprint density at radius 1 is 1.11 bits per heavy atom. The van der Waals surface area contributed by atoms with E-state index < -0.39 is 11.6 Å². The molecule has 1 aliphatic heterocycles. The molecule has 0 saturated carbocycles. The number of nitrogens with zero attached hydrogens (tertiary/aromatic N) is 3. The number of ether oxygens (including phenoxy) is 1. The largest absolute Gasteiger partial charge is 0.489 e. The van der Waals surface area contributed by atoms with Gasteiger partial charge < -0.3 is 9.64 Å². The number of rotatable bonds is 4. The number of hydrogen-bond donors (Lipinski definition) is 0. The van der Waals surface area contributed by atoms with Gasteiger partial charge >= 0.3 is 0 Å². The highest BCUT2D eigenvalue weighted by Gasteiger charge is 2.16. The topological polar surface area (TPSA) is 37.7 Å². The van der Waals surface area contributed by atoms with Gasteiger partial charge in [0.1, 0.15) is 24.0 Å². The van der Waals surface area contributed by atoms with Gasteiger partial charge in [0.05, 0.1) is 30.3 Å². The van der Waals surface area contributed by atoms with Crippen molar-refractivity contribution in [2.45, 2.75) is 20.1 Å². The molecule has 2 heterocycles. The van der Waals surface area contributed by atoms with Gasteiger partial charge in [0, 0.05) is 23.5 Å². The molecule has 4 rings (SSSR count). The first kappa shape index (κ1) is 17.1. The van der Waals surface area contributed by atoms with E-state index >= 15 is 0 Å². The highest BCUT2D eigenvalue weighted by atomic mass is 19.1. The Labute approximate surface area is 155 Å². The van der Waals surface area contributed by atoms with Gasteiger partial charge in [0.2, 0.25) is 0 Å². The second kappa shape index (κ2) is 7.15. The van der Waals surface area contributed by atoms with Crippen LogP contribution in [0.1, 0.15) is 16.7 Å². The van der Waals surface area contributed by atoms with E-state index in [9.17, 15) is 8.78 Å². The lowest BCUT2D eigenvalue weighted by Gasteiger charge is -2.26. The number of aromatic nitrogens is 1. The zero-order chi connectivity index (χ0) is 18.8. The minimum absolute atomic E-state index is 0.0828. The van der Waals surface area contributed by atoms with Crippen molar-refractivity contribution >= 4 is 17.7 Å². The zero-order valence-corrected chi connectivity index (χ0v) is 14.7. The van der Waals surface area contributed by atoms with E-state index in [0.717, 1.165) is 22.5 Å². The maximum Gasteiger partial charge on any atom is 0.132 e. The Kier molecular flexibility index (Phi) is 4.54. The van der Waals surface area contributed by atoms with Gasteiger partial charge in [-0.1, -0.05) is 12.1 Å². The molecule has 2 aromatic carbocycles. The molecule has 0 amide bonds. The summed E-state index contributed by atoms with van der Waals surface area (Å²) in [7, 11) is 0. The lowest BCUT2D eigenvalue weighted by atomic mass is 10.1. The number of halogens is 2. The van der Waals surface area contributed by atoms with Crippen LogP contribution < -0.4 is 9.64 Å². The highest BCUT2D eigenvalue weighted by molar-refractivity contribution is 5.85. The average Bonchev–Trinajstić information content (AvgIpc) is 2.68. The second-order valence-electron chi connectivity index (χ2n) is 6.31. The number of anilines is 1.